The molecule has 0 aliphatic heterocycles. The van der Waals surface area contributed by atoms with E-state index in [0.717, 1.165) is 11.3 Å². The Morgan fingerprint density at radius 1 is 1.44 bits per heavy atom. The molecular formula is C11H12N4O3. The van der Waals surface area contributed by atoms with Crippen molar-refractivity contribution in [3.63, 3.8) is 0 Å². The Bertz CT molecular complexity index is 510. The number of tetrazole rings is 1. The summed E-state index contributed by atoms with van der Waals surface area (Å²) in [5.74, 6) is -0.882. The number of carboxylic acid groups (broad SMARTS) is 1. The lowest BCUT2D eigenvalue weighted by molar-refractivity contribution is -0.139. The van der Waals surface area contributed by atoms with E-state index < -0.39 is 11.9 Å². The Kier molecular flexibility index (Phi) is 3.52. The van der Waals surface area contributed by atoms with Crippen LogP contribution < -0.4 is 4.74 Å². The molecule has 0 aliphatic carbocycles. The summed E-state index contributed by atoms with van der Waals surface area (Å²) in [5.41, 5.74) is 0.869. The van der Waals surface area contributed by atoms with Crippen LogP contribution in [0.25, 0.3) is 0 Å². The van der Waals surface area contributed by atoms with Crippen LogP contribution in [0, 0.1) is 0 Å². The highest BCUT2D eigenvalue weighted by Gasteiger charge is 2.24. The quantitative estimate of drug-likeness (QED) is 0.804. The molecule has 0 fully saturated rings. The number of aromatic nitrogens is 4. The van der Waals surface area contributed by atoms with Gasteiger partial charge < -0.3 is 9.84 Å². The highest BCUT2D eigenvalue weighted by Crippen LogP contribution is 2.19. The maximum Gasteiger partial charge on any atom is 0.314 e. The summed E-state index contributed by atoms with van der Waals surface area (Å²) in [6, 6.07) is 7.19. The predicted octanol–water partition coefficient (Wildman–Crippen LogP) is 0.619. The third-order valence-corrected chi connectivity index (χ3v) is 2.57. The van der Waals surface area contributed by atoms with Crippen molar-refractivity contribution in [2.75, 3.05) is 7.11 Å². The minimum absolute atomic E-state index is 0.179. The second-order valence-corrected chi connectivity index (χ2v) is 3.71. The minimum atomic E-state index is -0.979. The summed E-state index contributed by atoms with van der Waals surface area (Å²) in [7, 11) is 1.58. The average Bonchev–Trinajstić information content (AvgIpc) is 2.90. The molecule has 1 aromatic heterocycles. The van der Waals surface area contributed by atoms with Gasteiger partial charge in [0.1, 0.15) is 11.7 Å². The fraction of sp³-hybridized carbons (Fsp3) is 0.273. The van der Waals surface area contributed by atoms with Crippen LogP contribution in [0.1, 0.15) is 17.3 Å². The SMILES string of the molecule is COc1ccc(CC(C(=O)O)c2nn[nH]n2)cc1. The van der Waals surface area contributed by atoms with Gasteiger partial charge in [-0.2, -0.15) is 5.21 Å². The molecule has 1 heterocycles. The summed E-state index contributed by atoms with van der Waals surface area (Å²) in [5, 5.41) is 22.2. The lowest BCUT2D eigenvalue weighted by atomic mass is 9.99. The number of carbonyl (C=O) groups is 1. The van der Waals surface area contributed by atoms with Crippen LogP contribution in [0.2, 0.25) is 0 Å². The van der Waals surface area contributed by atoms with Crippen molar-refractivity contribution in [1.82, 2.24) is 20.6 Å². The number of aromatic amines is 1. The fourth-order valence-electron chi connectivity index (χ4n) is 1.60. The van der Waals surface area contributed by atoms with Gasteiger partial charge in [-0.1, -0.05) is 17.3 Å². The van der Waals surface area contributed by atoms with Crippen LogP contribution in [-0.4, -0.2) is 38.8 Å². The van der Waals surface area contributed by atoms with Crippen LogP contribution in [-0.2, 0) is 11.2 Å². The third kappa shape index (κ3) is 2.62. The van der Waals surface area contributed by atoms with Crippen LogP contribution in [0.3, 0.4) is 0 Å². The zero-order valence-electron chi connectivity index (χ0n) is 9.70. The molecule has 0 radical (unpaired) electrons. The summed E-state index contributed by atoms with van der Waals surface area (Å²) < 4.78 is 5.04. The van der Waals surface area contributed by atoms with Crippen LogP contribution in [0.15, 0.2) is 24.3 Å². The van der Waals surface area contributed by atoms with Crippen LogP contribution in [0.4, 0.5) is 0 Å². The predicted molar refractivity (Wildman–Crippen MR) is 61.3 cm³/mol. The van der Waals surface area contributed by atoms with Crippen molar-refractivity contribution in [2.45, 2.75) is 12.3 Å². The molecule has 18 heavy (non-hydrogen) atoms. The molecule has 0 saturated carbocycles. The second kappa shape index (κ2) is 5.26. The molecule has 1 unspecified atom stereocenters. The zero-order chi connectivity index (χ0) is 13.0. The largest absolute Gasteiger partial charge is 0.497 e. The van der Waals surface area contributed by atoms with Crippen LogP contribution in [0.5, 0.6) is 5.75 Å². The molecule has 0 spiro atoms. The number of hydrogen-bond donors (Lipinski definition) is 2. The van der Waals surface area contributed by atoms with E-state index in [2.05, 4.69) is 20.6 Å². The lowest BCUT2D eigenvalue weighted by Gasteiger charge is -2.08. The first-order valence-electron chi connectivity index (χ1n) is 5.30. The molecule has 7 heteroatoms. The Balaban J connectivity index is 2.16. The van der Waals surface area contributed by atoms with Crippen molar-refractivity contribution < 1.29 is 14.6 Å². The van der Waals surface area contributed by atoms with Gasteiger partial charge >= 0.3 is 5.97 Å². The zero-order valence-corrected chi connectivity index (χ0v) is 9.70. The Hall–Kier alpha value is -2.44. The van der Waals surface area contributed by atoms with Gasteiger partial charge in [0, 0.05) is 0 Å². The van der Waals surface area contributed by atoms with Gasteiger partial charge in [-0.3, -0.25) is 4.79 Å². The maximum atomic E-state index is 11.2. The number of rotatable bonds is 5. The number of aliphatic carboxylic acids is 1. The lowest BCUT2D eigenvalue weighted by Crippen LogP contribution is -2.16. The van der Waals surface area contributed by atoms with E-state index in [1.165, 1.54) is 0 Å². The first-order valence-corrected chi connectivity index (χ1v) is 5.30. The molecule has 2 rings (SSSR count). The molecule has 1 aromatic carbocycles. The Morgan fingerprint density at radius 2 is 2.17 bits per heavy atom. The molecule has 2 N–H and O–H groups in total. The second-order valence-electron chi connectivity index (χ2n) is 3.71. The van der Waals surface area contributed by atoms with Gasteiger partial charge in [0.2, 0.25) is 0 Å². The number of nitrogens with zero attached hydrogens (tertiary/aromatic N) is 3. The Labute approximate surface area is 103 Å². The topological polar surface area (TPSA) is 101 Å². The highest BCUT2D eigenvalue weighted by atomic mass is 16.5. The highest BCUT2D eigenvalue weighted by molar-refractivity contribution is 5.75. The summed E-state index contributed by atoms with van der Waals surface area (Å²) in [6.07, 6.45) is 0.304. The van der Waals surface area contributed by atoms with Crippen molar-refractivity contribution in [3.8, 4) is 5.75 Å². The van der Waals surface area contributed by atoms with Crippen molar-refractivity contribution in [3.05, 3.63) is 35.7 Å². The number of hydrogen-bond acceptors (Lipinski definition) is 5. The number of carboxylic acids is 1. The molecule has 0 bridgehead atoms. The van der Waals surface area contributed by atoms with E-state index in [4.69, 9.17) is 9.84 Å². The van der Waals surface area contributed by atoms with Crippen LogP contribution >= 0.6 is 0 Å². The molecular weight excluding hydrogens is 236 g/mol. The standard InChI is InChI=1S/C11H12N4O3/c1-18-8-4-2-7(3-5-8)6-9(11(16)17)10-12-14-15-13-10/h2-5,9H,6H2,1H3,(H,16,17)(H,12,13,14,15). The molecule has 0 amide bonds. The first kappa shape index (κ1) is 12.0. The number of H-pyrrole nitrogens is 1. The van der Waals surface area contributed by atoms with E-state index in [1.807, 2.05) is 12.1 Å². The van der Waals surface area contributed by atoms with Gasteiger partial charge in [0.15, 0.2) is 5.82 Å². The summed E-state index contributed by atoms with van der Waals surface area (Å²) in [6.45, 7) is 0. The van der Waals surface area contributed by atoms with Gasteiger partial charge in [-0.05, 0) is 24.1 Å². The first-order chi connectivity index (χ1) is 8.70. The molecule has 2 aromatic rings. The molecule has 0 saturated heterocycles. The maximum absolute atomic E-state index is 11.2. The van der Waals surface area contributed by atoms with E-state index in [-0.39, 0.29) is 5.82 Å². The van der Waals surface area contributed by atoms with Gasteiger partial charge in [0.05, 0.1) is 7.11 Å². The number of benzene rings is 1. The van der Waals surface area contributed by atoms with Gasteiger partial charge in [0.25, 0.3) is 0 Å². The van der Waals surface area contributed by atoms with E-state index >= 15 is 0 Å². The average molecular weight is 248 g/mol. The smallest absolute Gasteiger partial charge is 0.314 e. The van der Waals surface area contributed by atoms with E-state index in [0.29, 0.717) is 6.42 Å². The molecule has 7 nitrogen and oxygen atoms in total. The Morgan fingerprint density at radius 3 is 2.67 bits per heavy atom. The summed E-state index contributed by atoms with van der Waals surface area (Å²) in [4.78, 5) is 11.2. The van der Waals surface area contributed by atoms with Gasteiger partial charge in [-0.15, -0.1) is 10.2 Å². The van der Waals surface area contributed by atoms with Crippen molar-refractivity contribution >= 4 is 5.97 Å². The normalized spacial score (nSPS) is 12.1. The fourth-order valence-corrected chi connectivity index (χ4v) is 1.60. The number of nitrogens with one attached hydrogen (secondary N) is 1. The van der Waals surface area contributed by atoms with E-state index in [1.54, 1.807) is 19.2 Å². The van der Waals surface area contributed by atoms with Gasteiger partial charge in [-0.25, -0.2) is 0 Å². The number of ether oxygens (including phenoxy) is 1. The van der Waals surface area contributed by atoms with Crippen molar-refractivity contribution in [1.29, 1.82) is 0 Å². The molecule has 94 valence electrons. The summed E-state index contributed by atoms with van der Waals surface area (Å²) >= 11 is 0. The molecule has 0 aliphatic rings. The minimum Gasteiger partial charge on any atom is -0.497 e. The monoisotopic (exact) mass is 248 g/mol. The molecule has 1 atom stereocenters. The third-order valence-electron chi connectivity index (χ3n) is 2.57. The van der Waals surface area contributed by atoms with E-state index in [9.17, 15) is 4.79 Å². The van der Waals surface area contributed by atoms with Crippen molar-refractivity contribution in [2.24, 2.45) is 0 Å². The number of methoxy groups -OCH3 is 1.